The normalized spacial score (nSPS) is 14.2. The highest BCUT2D eigenvalue weighted by Gasteiger charge is 2.16. The monoisotopic (exact) mass is 240 g/mol. The van der Waals surface area contributed by atoms with Crippen LogP contribution in [0.4, 0.5) is 0 Å². The zero-order valence-electron chi connectivity index (χ0n) is 8.91. The van der Waals surface area contributed by atoms with E-state index in [9.17, 15) is 10.2 Å². The lowest BCUT2D eigenvalue weighted by Crippen LogP contribution is -2.19. The summed E-state index contributed by atoms with van der Waals surface area (Å²) < 4.78 is 5.30. The summed E-state index contributed by atoms with van der Waals surface area (Å²) in [6.45, 7) is 3.99. The van der Waals surface area contributed by atoms with Gasteiger partial charge in [0.05, 0.1) is 6.10 Å². The summed E-state index contributed by atoms with van der Waals surface area (Å²) in [4.78, 5) is 0. The van der Waals surface area contributed by atoms with Crippen LogP contribution in [0.2, 0.25) is 0 Å². The highest BCUT2D eigenvalue weighted by Crippen LogP contribution is 2.20. The molecule has 2 atom stereocenters. The zero-order valence-corrected chi connectivity index (χ0v) is 9.81. The number of ether oxygens (including phenoxy) is 1. The van der Waals surface area contributed by atoms with Crippen LogP contribution in [0, 0.1) is 0 Å². The molecule has 0 fully saturated rings. The molecule has 0 amide bonds. The highest BCUT2D eigenvalue weighted by molar-refractivity contribution is 7.80. The lowest BCUT2D eigenvalue weighted by Gasteiger charge is -2.16. The van der Waals surface area contributed by atoms with Crippen molar-refractivity contribution >= 4 is 12.6 Å². The van der Waals surface area contributed by atoms with Crippen LogP contribution >= 0.6 is 12.6 Å². The van der Waals surface area contributed by atoms with Gasteiger partial charge in [-0.15, -0.1) is 0 Å². The van der Waals surface area contributed by atoms with Crippen molar-refractivity contribution in [1.29, 1.82) is 0 Å². The van der Waals surface area contributed by atoms with E-state index in [1.165, 1.54) is 0 Å². The molecule has 1 aromatic rings. The summed E-state index contributed by atoms with van der Waals surface area (Å²) in [5.74, 6) is 0.923. The van der Waals surface area contributed by atoms with Gasteiger partial charge < -0.3 is 14.9 Å². The Kier molecular flexibility index (Phi) is 5.38. The molecule has 1 rings (SSSR count). The van der Waals surface area contributed by atoms with Gasteiger partial charge in [0.2, 0.25) is 0 Å². The topological polar surface area (TPSA) is 49.7 Å². The molecule has 0 aromatic heterocycles. The van der Waals surface area contributed by atoms with Gasteiger partial charge in [-0.2, -0.15) is 12.6 Å². The predicted octanol–water partition coefficient (Wildman–Crippen LogP) is 1.58. The number of rotatable bonds is 6. The molecule has 1 aromatic carbocycles. The first-order valence-electron chi connectivity index (χ1n) is 4.99. The molecular weight excluding hydrogens is 224 g/mol. The minimum absolute atomic E-state index is 0.218. The van der Waals surface area contributed by atoms with Gasteiger partial charge in [-0.05, 0) is 17.7 Å². The van der Waals surface area contributed by atoms with E-state index in [1.54, 1.807) is 30.3 Å². The summed E-state index contributed by atoms with van der Waals surface area (Å²) >= 11 is 3.93. The fraction of sp³-hybridized carbons (Fsp3) is 0.333. The number of hydrogen-bond donors (Lipinski definition) is 3. The van der Waals surface area contributed by atoms with E-state index in [0.717, 1.165) is 0 Å². The molecule has 0 aliphatic carbocycles. The number of aliphatic hydroxyl groups excluding tert-OH is 2. The van der Waals surface area contributed by atoms with E-state index in [2.05, 4.69) is 19.2 Å². The van der Waals surface area contributed by atoms with Crippen LogP contribution in [0.25, 0.3) is 0 Å². The van der Waals surface area contributed by atoms with Crippen molar-refractivity contribution in [2.24, 2.45) is 0 Å². The summed E-state index contributed by atoms with van der Waals surface area (Å²) in [5, 5.41) is 19.1. The van der Waals surface area contributed by atoms with E-state index >= 15 is 0 Å². The maximum absolute atomic E-state index is 9.70. The Hall–Kier alpha value is -0.970. The average Bonchev–Trinajstić information content (AvgIpc) is 2.35. The first-order chi connectivity index (χ1) is 7.69. The van der Waals surface area contributed by atoms with Crippen molar-refractivity contribution < 1.29 is 14.9 Å². The molecule has 16 heavy (non-hydrogen) atoms. The Morgan fingerprint density at radius 2 is 1.94 bits per heavy atom. The van der Waals surface area contributed by atoms with Crippen LogP contribution in [-0.4, -0.2) is 28.7 Å². The molecule has 4 heteroatoms. The Morgan fingerprint density at radius 3 is 2.44 bits per heavy atom. The van der Waals surface area contributed by atoms with Crippen LogP contribution in [0.15, 0.2) is 36.9 Å². The van der Waals surface area contributed by atoms with E-state index in [4.69, 9.17) is 4.74 Å². The molecule has 0 aliphatic rings. The zero-order chi connectivity index (χ0) is 12.0. The minimum Gasteiger partial charge on any atom is -0.490 e. The van der Waals surface area contributed by atoms with E-state index < -0.39 is 12.2 Å². The first-order valence-corrected chi connectivity index (χ1v) is 5.63. The summed E-state index contributed by atoms with van der Waals surface area (Å²) in [6.07, 6.45) is -0.109. The standard InChI is InChI=1S/C12H16O3S/c1-2-7-15-10-5-3-9(4-6-10)12(14)11(13)8-16/h2-6,11-14,16H,1,7-8H2. The van der Waals surface area contributed by atoms with Crippen molar-refractivity contribution in [1.82, 2.24) is 0 Å². The van der Waals surface area contributed by atoms with Crippen molar-refractivity contribution in [3.63, 3.8) is 0 Å². The van der Waals surface area contributed by atoms with Gasteiger partial charge >= 0.3 is 0 Å². The predicted molar refractivity (Wildman–Crippen MR) is 67.0 cm³/mol. The molecule has 88 valence electrons. The molecular formula is C12H16O3S. The first kappa shape index (κ1) is 13.1. The Labute approximate surface area is 101 Å². The second-order valence-electron chi connectivity index (χ2n) is 3.36. The largest absolute Gasteiger partial charge is 0.490 e. The molecule has 0 bridgehead atoms. The van der Waals surface area contributed by atoms with Crippen LogP contribution in [-0.2, 0) is 0 Å². The third-order valence-corrected chi connectivity index (χ3v) is 2.52. The molecule has 2 unspecified atom stereocenters. The fourth-order valence-electron chi connectivity index (χ4n) is 1.24. The summed E-state index contributed by atoms with van der Waals surface area (Å²) in [6, 6.07) is 6.92. The lowest BCUT2D eigenvalue weighted by molar-refractivity contribution is 0.0337. The fourth-order valence-corrected chi connectivity index (χ4v) is 1.44. The third-order valence-electron chi connectivity index (χ3n) is 2.14. The lowest BCUT2D eigenvalue weighted by atomic mass is 10.1. The second kappa shape index (κ2) is 6.58. The quantitative estimate of drug-likeness (QED) is 0.522. The van der Waals surface area contributed by atoms with Crippen molar-refractivity contribution in [2.45, 2.75) is 12.2 Å². The van der Waals surface area contributed by atoms with E-state index in [-0.39, 0.29) is 5.75 Å². The molecule has 0 radical (unpaired) electrons. The van der Waals surface area contributed by atoms with Crippen LogP contribution in [0.5, 0.6) is 5.75 Å². The van der Waals surface area contributed by atoms with Gasteiger partial charge in [0, 0.05) is 5.75 Å². The number of thiol groups is 1. The molecule has 2 N–H and O–H groups in total. The average molecular weight is 240 g/mol. The van der Waals surface area contributed by atoms with Gasteiger partial charge in [-0.3, -0.25) is 0 Å². The SMILES string of the molecule is C=CCOc1ccc(C(O)C(O)CS)cc1. The Bertz CT molecular complexity index is 324. The molecule has 3 nitrogen and oxygen atoms in total. The van der Waals surface area contributed by atoms with Crippen molar-refractivity contribution in [3.05, 3.63) is 42.5 Å². The highest BCUT2D eigenvalue weighted by atomic mass is 32.1. The van der Waals surface area contributed by atoms with E-state index in [0.29, 0.717) is 17.9 Å². The number of benzene rings is 1. The van der Waals surface area contributed by atoms with E-state index in [1.807, 2.05) is 0 Å². The van der Waals surface area contributed by atoms with Crippen LogP contribution in [0.3, 0.4) is 0 Å². The van der Waals surface area contributed by atoms with Crippen LogP contribution in [0.1, 0.15) is 11.7 Å². The molecule has 0 saturated heterocycles. The number of aliphatic hydroxyl groups is 2. The molecule has 0 heterocycles. The Morgan fingerprint density at radius 1 is 1.31 bits per heavy atom. The van der Waals surface area contributed by atoms with Gasteiger partial charge in [-0.25, -0.2) is 0 Å². The van der Waals surface area contributed by atoms with Crippen molar-refractivity contribution in [2.75, 3.05) is 12.4 Å². The molecule has 0 aliphatic heterocycles. The minimum atomic E-state index is -0.911. The smallest absolute Gasteiger partial charge is 0.119 e. The number of hydrogen-bond acceptors (Lipinski definition) is 4. The summed E-state index contributed by atoms with van der Waals surface area (Å²) in [7, 11) is 0. The molecule has 0 saturated carbocycles. The van der Waals surface area contributed by atoms with Crippen molar-refractivity contribution in [3.8, 4) is 5.75 Å². The second-order valence-corrected chi connectivity index (χ2v) is 3.73. The third kappa shape index (κ3) is 3.56. The van der Waals surface area contributed by atoms with Gasteiger partial charge in [0.1, 0.15) is 18.5 Å². The van der Waals surface area contributed by atoms with Gasteiger partial charge in [-0.1, -0.05) is 24.8 Å². The molecule has 0 spiro atoms. The van der Waals surface area contributed by atoms with Gasteiger partial charge in [0.25, 0.3) is 0 Å². The maximum Gasteiger partial charge on any atom is 0.119 e. The summed E-state index contributed by atoms with van der Waals surface area (Å²) in [5.41, 5.74) is 0.646. The maximum atomic E-state index is 9.70. The van der Waals surface area contributed by atoms with Crippen LogP contribution < -0.4 is 4.74 Å². The van der Waals surface area contributed by atoms with Gasteiger partial charge in [0.15, 0.2) is 0 Å². The Balaban J connectivity index is 2.66.